The number of hydrogen-bond donors (Lipinski definition) is 1. The molecule has 0 spiro atoms. The Morgan fingerprint density at radius 3 is 2.87 bits per heavy atom. The van der Waals surface area contributed by atoms with Crippen LogP contribution in [-0.4, -0.2) is 11.5 Å². The summed E-state index contributed by atoms with van der Waals surface area (Å²) in [5, 5.41) is 5.37. The maximum absolute atomic E-state index is 5.47. The van der Waals surface area contributed by atoms with Crippen molar-refractivity contribution in [1.82, 2.24) is 4.98 Å². The molecule has 0 aromatic carbocycles. The molecular formula is C10H11BrN2S2. The van der Waals surface area contributed by atoms with Gasteiger partial charge in [0.2, 0.25) is 0 Å². The van der Waals surface area contributed by atoms with E-state index in [0.29, 0.717) is 0 Å². The van der Waals surface area contributed by atoms with Crippen molar-refractivity contribution in [2.75, 3.05) is 6.54 Å². The van der Waals surface area contributed by atoms with Crippen LogP contribution >= 0.6 is 38.6 Å². The normalized spacial score (nSPS) is 10.8. The standard InChI is InChI=1S/C10H11BrN2S2/c11-7-4-9(14-5-7)8-6-15-10(13-8)2-1-3-12/h4-6H,1-3,12H2. The van der Waals surface area contributed by atoms with E-state index in [0.717, 1.165) is 29.6 Å². The van der Waals surface area contributed by atoms with Crippen molar-refractivity contribution in [1.29, 1.82) is 0 Å². The summed E-state index contributed by atoms with van der Waals surface area (Å²) >= 11 is 6.88. The van der Waals surface area contributed by atoms with Gasteiger partial charge in [-0.3, -0.25) is 0 Å². The predicted octanol–water partition coefficient (Wildman–Crippen LogP) is 3.53. The molecule has 5 heteroatoms. The largest absolute Gasteiger partial charge is 0.330 e. The highest BCUT2D eigenvalue weighted by molar-refractivity contribution is 9.10. The van der Waals surface area contributed by atoms with E-state index in [1.807, 2.05) is 0 Å². The number of halogens is 1. The average Bonchev–Trinajstić information content (AvgIpc) is 2.83. The Morgan fingerprint density at radius 1 is 1.33 bits per heavy atom. The summed E-state index contributed by atoms with van der Waals surface area (Å²) < 4.78 is 1.12. The second-order valence-electron chi connectivity index (χ2n) is 3.15. The molecule has 0 saturated carbocycles. The van der Waals surface area contributed by atoms with Gasteiger partial charge in [-0.25, -0.2) is 4.98 Å². The maximum atomic E-state index is 5.47. The maximum Gasteiger partial charge on any atom is 0.0933 e. The van der Waals surface area contributed by atoms with Gasteiger partial charge in [0.15, 0.2) is 0 Å². The first-order chi connectivity index (χ1) is 7.29. The minimum atomic E-state index is 0.736. The molecule has 0 saturated heterocycles. The van der Waals surface area contributed by atoms with Gasteiger partial charge >= 0.3 is 0 Å². The molecular weight excluding hydrogens is 292 g/mol. The molecule has 2 rings (SSSR count). The molecule has 0 fully saturated rings. The first-order valence-corrected chi connectivity index (χ1v) is 7.23. The molecule has 2 heterocycles. The summed E-state index contributed by atoms with van der Waals surface area (Å²) in [6.45, 7) is 0.736. The van der Waals surface area contributed by atoms with Gasteiger partial charge in [0.25, 0.3) is 0 Å². The summed E-state index contributed by atoms with van der Waals surface area (Å²) in [6.07, 6.45) is 2.01. The van der Waals surface area contributed by atoms with Crippen LogP contribution in [0.4, 0.5) is 0 Å². The number of nitrogens with zero attached hydrogens (tertiary/aromatic N) is 1. The molecule has 0 bridgehead atoms. The Bertz CT molecular complexity index is 436. The smallest absolute Gasteiger partial charge is 0.0933 e. The van der Waals surface area contributed by atoms with Crippen molar-refractivity contribution in [3.05, 3.63) is 26.3 Å². The van der Waals surface area contributed by atoms with Crippen molar-refractivity contribution in [3.8, 4) is 10.6 Å². The zero-order valence-corrected chi connectivity index (χ0v) is 11.3. The summed E-state index contributed by atoms with van der Waals surface area (Å²) in [5.41, 5.74) is 6.56. The van der Waals surface area contributed by atoms with Crippen LogP contribution in [0.2, 0.25) is 0 Å². The number of aromatic nitrogens is 1. The van der Waals surface area contributed by atoms with Crippen molar-refractivity contribution < 1.29 is 0 Å². The molecule has 0 aliphatic heterocycles. The van der Waals surface area contributed by atoms with Crippen LogP contribution in [0.15, 0.2) is 21.3 Å². The van der Waals surface area contributed by atoms with Crippen molar-refractivity contribution >= 4 is 38.6 Å². The van der Waals surface area contributed by atoms with Crippen LogP contribution < -0.4 is 5.73 Å². The molecule has 2 aromatic rings. The zero-order valence-electron chi connectivity index (χ0n) is 8.07. The lowest BCUT2D eigenvalue weighted by Gasteiger charge is -1.91. The SMILES string of the molecule is NCCCc1nc(-c2cc(Br)cs2)cs1. The summed E-state index contributed by atoms with van der Waals surface area (Å²) in [6, 6.07) is 2.10. The van der Waals surface area contributed by atoms with Gasteiger partial charge in [-0.05, 0) is 35.0 Å². The molecule has 2 nitrogen and oxygen atoms in total. The molecule has 0 aliphatic carbocycles. The third kappa shape index (κ3) is 2.87. The van der Waals surface area contributed by atoms with E-state index in [1.54, 1.807) is 22.7 Å². The number of aryl methyl sites for hydroxylation is 1. The molecule has 2 aromatic heterocycles. The lowest BCUT2D eigenvalue weighted by atomic mass is 10.3. The van der Waals surface area contributed by atoms with Gasteiger partial charge in [0.1, 0.15) is 0 Å². The van der Waals surface area contributed by atoms with Crippen molar-refractivity contribution in [2.24, 2.45) is 5.73 Å². The van der Waals surface area contributed by atoms with E-state index < -0.39 is 0 Å². The fourth-order valence-corrected chi connectivity index (χ4v) is 3.54. The Kier molecular flexibility index (Phi) is 3.91. The van der Waals surface area contributed by atoms with Crippen molar-refractivity contribution in [3.63, 3.8) is 0 Å². The highest BCUT2D eigenvalue weighted by Crippen LogP contribution is 2.30. The van der Waals surface area contributed by atoms with E-state index in [9.17, 15) is 0 Å². The van der Waals surface area contributed by atoms with Gasteiger partial charge in [-0.15, -0.1) is 22.7 Å². The molecule has 2 N–H and O–H groups in total. The Balaban J connectivity index is 2.13. The number of thiophene rings is 1. The van der Waals surface area contributed by atoms with E-state index in [4.69, 9.17) is 5.73 Å². The fourth-order valence-electron chi connectivity index (χ4n) is 1.24. The molecule has 0 amide bonds. The highest BCUT2D eigenvalue weighted by Gasteiger charge is 2.06. The molecule has 15 heavy (non-hydrogen) atoms. The van der Waals surface area contributed by atoms with E-state index >= 15 is 0 Å². The van der Waals surface area contributed by atoms with Gasteiger partial charge in [-0.1, -0.05) is 0 Å². The van der Waals surface area contributed by atoms with Crippen molar-refractivity contribution in [2.45, 2.75) is 12.8 Å². The van der Waals surface area contributed by atoms with Crippen LogP contribution in [0, 0.1) is 0 Å². The monoisotopic (exact) mass is 302 g/mol. The van der Waals surface area contributed by atoms with E-state index in [-0.39, 0.29) is 0 Å². The predicted molar refractivity (Wildman–Crippen MR) is 70.5 cm³/mol. The zero-order chi connectivity index (χ0) is 10.7. The number of hydrogen-bond acceptors (Lipinski definition) is 4. The minimum absolute atomic E-state index is 0.736. The van der Waals surface area contributed by atoms with Crippen LogP contribution in [-0.2, 0) is 6.42 Å². The topological polar surface area (TPSA) is 38.9 Å². The Hall–Kier alpha value is -0.230. The van der Waals surface area contributed by atoms with Gasteiger partial charge in [0.05, 0.1) is 15.6 Å². The fraction of sp³-hybridized carbons (Fsp3) is 0.300. The molecule has 80 valence electrons. The Morgan fingerprint density at radius 2 is 2.20 bits per heavy atom. The third-order valence-electron chi connectivity index (χ3n) is 1.97. The molecule has 0 atom stereocenters. The van der Waals surface area contributed by atoms with Gasteiger partial charge < -0.3 is 5.73 Å². The van der Waals surface area contributed by atoms with Crippen LogP contribution in [0.25, 0.3) is 10.6 Å². The second-order valence-corrected chi connectivity index (χ2v) is 5.92. The summed E-state index contributed by atoms with van der Waals surface area (Å²) in [5.74, 6) is 0. The van der Waals surface area contributed by atoms with Gasteiger partial charge in [0, 0.05) is 21.7 Å². The van der Waals surface area contributed by atoms with E-state index in [2.05, 4.69) is 37.7 Å². The van der Waals surface area contributed by atoms with Crippen LogP contribution in [0.3, 0.4) is 0 Å². The number of thiazole rings is 1. The first-order valence-electron chi connectivity index (χ1n) is 4.68. The number of nitrogens with two attached hydrogens (primary N) is 1. The van der Waals surface area contributed by atoms with Crippen LogP contribution in [0.1, 0.15) is 11.4 Å². The van der Waals surface area contributed by atoms with E-state index in [1.165, 1.54) is 9.88 Å². The molecule has 0 radical (unpaired) electrons. The highest BCUT2D eigenvalue weighted by atomic mass is 79.9. The van der Waals surface area contributed by atoms with Gasteiger partial charge in [-0.2, -0.15) is 0 Å². The first kappa shape index (κ1) is 11.3. The second kappa shape index (κ2) is 5.21. The third-order valence-corrected chi connectivity index (χ3v) is 4.59. The Labute approximate surface area is 105 Å². The summed E-state index contributed by atoms with van der Waals surface area (Å²) in [7, 11) is 0. The van der Waals surface area contributed by atoms with Crippen LogP contribution in [0.5, 0.6) is 0 Å². The molecule has 0 aliphatic rings. The lowest BCUT2D eigenvalue weighted by molar-refractivity contribution is 0.827. The average molecular weight is 303 g/mol. The number of rotatable bonds is 4. The molecule has 0 unspecified atom stereocenters. The summed E-state index contributed by atoms with van der Waals surface area (Å²) in [4.78, 5) is 5.80. The lowest BCUT2D eigenvalue weighted by Crippen LogP contribution is -1.99. The quantitative estimate of drug-likeness (QED) is 0.938. The minimum Gasteiger partial charge on any atom is -0.330 e.